The molecular formula is C24H26N4O3. The molecular weight excluding hydrogens is 392 g/mol. The van der Waals surface area contributed by atoms with Crippen LogP contribution in [0.1, 0.15) is 36.5 Å². The van der Waals surface area contributed by atoms with E-state index < -0.39 is 12.0 Å². The molecule has 7 nitrogen and oxygen atoms in total. The Hall–Kier alpha value is -3.61. The zero-order chi connectivity index (χ0) is 22.3. The highest BCUT2D eigenvalue weighted by Gasteiger charge is 2.38. The summed E-state index contributed by atoms with van der Waals surface area (Å²) in [7, 11) is 2.00. The number of carbonyl (C=O) groups is 2. The molecule has 0 saturated carbocycles. The van der Waals surface area contributed by atoms with Crippen molar-refractivity contribution in [2.45, 2.75) is 39.3 Å². The molecule has 160 valence electrons. The molecule has 4 rings (SSSR count). The number of hydrogen-bond acceptors (Lipinski definition) is 3. The van der Waals surface area contributed by atoms with E-state index in [9.17, 15) is 14.7 Å². The SMILES string of the molecule is C=C1c2cnccc2N(Cc2cn(C)c3cccc(C)c23)C(=O)N1C(CC)CC(=O)O. The molecule has 2 amide bonds. The molecule has 0 spiro atoms. The quantitative estimate of drug-likeness (QED) is 0.637. The van der Waals surface area contributed by atoms with Crippen molar-refractivity contribution in [3.8, 4) is 0 Å². The number of amides is 2. The van der Waals surface area contributed by atoms with Crippen LogP contribution in [0.2, 0.25) is 0 Å². The maximum absolute atomic E-state index is 13.7. The summed E-state index contributed by atoms with van der Waals surface area (Å²) in [4.78, 5) is 32.6. The monoisotopic (exact) mass is 418 g/mol. The zero-order valence-electron chi connectivity index (χ0n) is 18.0. The summed E-state index contributed by atoms with van der Waals surface area (Å²) < 4.78 is 2.07. The summed E-state index contributed by atoms with van der Waals surface area (Å²) >= 11 is 0. The van der Waals surface area contributed by atoms with E-state index in [0.29, 0.717) is 18.7 Å². The second-order valence-corrected chi connectivity index (χ2v) is 7.97. The summed E-state index contributed by atoms with van der Waals surface area (Å²) in [5.41, 5.74) is 5.25. The molecule has 7 heteroatoms. The summed E-state index contributed by atoms with van der Waals surface area (Å²) in [5, 5.41) is 10.5. The van der Waals surface area contributed by atoms with E-state index in [-0.39, 0.29) is 12.5 Å². The van der Waals surface area contributed by atoms with Gasteiger partial charge in [0.2, 0.25) is 0 Å². The standard InChI is InChI=1S/C24H26N4O3/c1-5-18(11-22(29)30)28-16(3)19-12-25-10-9-20(19)27(24(28)31)14-17-13-26(4)21-8-6-7-15(2)23(17)21/h6-10,12-13,18H,3,5,11,14H2,1-2,4H3,(H,29,30). The Morgan fingerprint density at radius 1 is 1.29 bits per heavy atom. The number of aryl methyl sites for hydroxylation is 2. The first-order chi connectivity index (χ1) is 14.8. The molecule has 1 atom stereocenters. The van der Waals surface area contributed by atoms with Crippen molar-refractivity contribution < 1.29 is 14.7 Å². The van der Waals surface area contributed by atoms with Gasteiger partial charge in [0.15, 0.2) is 0 Å². The van der Waals surface area contributed by atoms with Gasteiger partial charge in [-0.25, -0.2) is 4.79 Å². The van der Waals surface area contributed by atoms with Crippen molar-refractivity contribution in [2.24, 2.45) is 7.05 Å². The fraction of sp³-hybridized carbons (Fsp3) is 0.292. The van der Waals surface area contributed by atoms with Crippen LogP contribution in [-0.4, -0.2) is 37.6 Å². The van der Waals surface area contributed by atoms with Crippen LogP contribution in [-0.2, 0) is 18.4 Å². The first-order valence-corrected chi connectivity index (χ1v) is 10.3. The molecule has 1 aromatic carbocycles. The maximum Gasteiger partial charge on any atom is 0.329 e. The molecule has 1 N–H and O–H groups in total. The highest BCUT2D eigenvalue weighted by atomic mass is 16.4. The Morgan fingerprint density at radius 3 is 2.77 bits per heavy atom. The van der Waals surface area contributed by atoms with Gasteiger partial charge in [0, 0.05) is 53.8 Å². The number of aliphatic carboxylic acids is 1. The van der Waals surface area contributed by atoms with Gasteiger partial charge in [0.1, 0.15) is 0 Å². The molecule has 1 aliphatic rings. The summed E-state index contributed by atoms with van der Waals surface area (Å²) in [5.74, 6) is -0.944. The third-order valence-electron chi connectivity index (χ3n) is 6.00. The van der Waals surface area contributed by atoms with Gasteiger partial charge in [0.25, 0.3) is 0 Å². The van der Waals surface area contributed by atoms with Gasteiger partial charge in [-0.3, -0.25) is 19.6 Å². The highest BCUT2D eigenvalue weighted by molar-refractivity contribution is 6.05. The molecule has 2 aromatic heterocycles. The number of hydrogen-bond donors (Lipinski definition) is 1. The maximum atomic E-state index is 13.7. The van der Waals surface area contributed by atoms with Crippen LogP contribution in [0.25, 0.3) is 16.6 Å². The number of aromatic nitrogens is 2. The van der Waals surface area contributed by atoms with Crippen LogP contribution in [0, 0.1) is 6.92 Å². The van der Waals surface area contributed by atoms with Crippen molar-refractivity contribution in [2.75, 3.05) is 4.90 Å². The number of urea groups is 1. The normalized spacial score (nSPS) is 14.8. The van der Waals surface area contributed by atoms with E-state index in [1.54, 1.807) is 17.3 Å². The first-order valence-electron chi connectivity index (χ1n) is 10.3. The fourth-order valence-electron chi connectivity index (χ4n) is 4.49. The minimum atomic E-state index is -0.944. The zero-order valence-corrected chi connectivity index (χ0v) is 18.0. The van der Waals surface area contributed by atoms with Crippen molar-refractivity contribution >= 4 is 34.3 Å². The van der Waals surface area contributed by atoms with E-state index in [4.69, 9.17) is 0 Å². The second-order valence-electron chi connectivity index (χ2n) is 7.97. The number of anilines is 1. The number of rotatable bonds is 6. The number of nitrogens with zero attached hydrogens (tertiary/aromatic N) is 4. The Labute approximate surface area is 181 Å². The van der Waals surface area contributed by atoms with E-state index in [1.807, 2.05) is 32.3 Å². The summed E-state index contributed by atoms with van der Waals surface area (Å²) in [6, 6.07) is 7.22. The molecule has 3 heterocycles. The molecule has 0 saturated heterocycles. The number of carbonyl (C=O) groups excluding carboxylic acids is 1. The van der Waals surface area contributed by atoms with E-state index in [1.165, 1.54) is 4.90 Å². The molecule has 3 aromatic rings. The van der Waals surface area contributed by atoms with Crippen molar-refractivity contribution in [1.29, 1.82) is 0 Å². The van der Waals surface area contributed by atoms with Gasteiger partial charge in [-0.15, -0.1) is 0 Å². The average Bonchev–Trinajstić information content (AvgIpc) is 3.06. The topological polar surface area (TPSA) is 78.7 Å². The Morgan fingerprint density at radius 2 is 2.06 bits per heavy atom. The van der Waals surface area contributed by atoms with Crippen LogP contribution in [0.4, 0.5) is 10.5 Å². The molecule has 0 bridgehead atoms. The van der Waals surface area contributed by atoms with Crippen LogP contribution in [0.3, 0.4) is 0 Å². The van der Waals surface area contributed by atoms with Crippen LogP contribution in [0.5, 0.6) is 0 Å². The van der Waals surface area contributed by atoms with Gasteiger partial charge < -0.3 is 9.67 Å². The lowest BCUT2D eigenvalue weighted by Gasteiger charge is -2.41. The molecule has 0 aliphatic carbocycles. The number of carboxylic acid groups (broad SMARTS) is 1. The van der Waals surface area contributed by atoms with Crippen LogP contribution in [0.15, 0.2) is 49.4 Å². The van der Waals surface area contributed by atoms with Crippen molar-refractivity contribution in [3.63, 3.8) is 0 Å². The minimum Gasteiger partial charge on any atom is -0.481 e. The average molecular weight is 418 g/mol. The van der Waals surface area contributed by atoms with E-state index in [2.05, 4.69) is 35.2 Å². The third kappa shape index (κ3) is 3.46. The van der Waals surface area contributed by atoms with E-state index >= 15 is 0 Å². The number of pyridine rings is 1. The third-order valence-corrected chi connectivity index (χ3v) is 6.00. The van der Waals surface area contributed by atoms with Crippen molar-refractivity contribution in [3.05, 3.63) is 66.1 Å². The predicted octanol–water partition coefficient (Wildman–Crippen LogP) is 4.55. The Bertz CT molecular complexity index is 1200. The lowest BCUT2D eigenvalue weighted by atomic mass is 10.0. The minimum absolute atomic E-state index is 0.141. The molecule has 0 fully saturated rings. The van der Waals surface area contributed by atoms with Crippen molar-refractivity contribution in [1.82, 2.24) is 14.5 Å². The Balaban J connectivity index is 1.82. The van der Waals surface area contributed by atoms with Gasteiger partial charge in [0.05, 0.1) is 18.7 Å². The lowest BCUT2D eigenvalue weighted by molar-refractivity contribution is -0.137. The summed E-state index contributed by atoms with van der Waals surface area (Å²) in [6.45, 7) is 8.43. The number of carboxylic acids is 1. The number of benzene rings is 1. The molecule has 1 aliphatic heterocycles. The first kappa shape index (κ1) is 20.7. The highest BCUT2D eigenvalue weighted by Crippen LogP contribution is 2.38. The van der Waals surface area contributed by atoms with Crippen LogP contribution < -0.4 is 4.90 Å². The molecule has 1 unspecified atom stereocenters. The molecule has 0 radical (unpaired) electrons. The van der Waals surface area contributed by atoms with Gasteiger partial charge in [-0.05, 0) is 36.6 Å². The van der Waals surface area contributed by atoms with E-state index in [0.717, 1.165) is 33.3 Å². The predicted molar refractivity (Wildman–Crippen MR) is 121 cm³/mol. The molecule has 31 heavy (non-hydrogen) atoms. The smallest absolute Gasteiger partial charge is 0.329 e. The fourth-order valence-corrected chi connectivity index (χ4v) is 4.49. The largest absolute Gasteiger partial charge is 0.481 e. The van der Waals surface area contributed by atoms with Gasteiger partial charge in [-0.1, -0.05) is 25.6 Å². The van der Waals surface area contributed by atoms with Gasteiger partial charge >= 0.3 is 12.0 Å². The van der Waals surface area contributed by atoms with Gasteiger partial charge in [-0.2, -0.15) is 0 Å². The second kappa shape index (κ2) is 7.91. The Kier molecular flexibility index (Phi) is 5.27. The number of fused-ring (bicyclic) bond motifs is 2. The lowest BCUT2D eigenvalue weighted by Crippen LogP contribution is -2.50. The van der Waals surface area contributed by atoms with Crippen LogP contribution >= 0.6 is 0 Å². The summed E-state index contributed by atoms with van der Waals surface area (Å²) in [6.07, 6.45) is 5.76.